The van der Waals surface area contributed by atoms with Crippen LogP contribution in [0.5, 0.6) is 0 Å². The Balaban J connectivity index is 4.21. The van der Waals surface area contributed by atoms with E-state index in [2.05, 4.69) is 0 Å². The van der Waals surface area contributed by atoms with Crippen LogP contribution >= 0.6 is 0 Å². The Kier molecular flexibility index (Phi) is 5.28. The summed E-state index contributed by atoms with van der Waals surface area (Å²) in [6.07, 6.45) is 1.36. The normalized spacial score (nSPS) is 15.9. The van der Waals surface area contributed by atoms with Crippen LogP contribution in [0, 0.1) is 5.41 Å². The molecule has 0 aromatic carbocycles. The van der Waals surface area contributed by atoms with E-state index >= 15 is 0 Å². The van der Waals surface area contributed by atoms with Gasteiger partial charge in [0.1, 0.15) is 9.84 Å². The summed E-state index contributed by atoms with van der Waals surface area (Å²) < 4.78 is 22.4. The molecule has 0 aliphatic carbocycles. The largest absolute Gasteiger partial charge is 0.481 e. The molecular weight excluding hydrogens is 216 g/mol. The monoisotopic (exact) mass is 236 g/mol. The Hall–Kier alpha value is -0.580. The van der Waals surface area contributed by atoms with Crippen LogP contribution in [-0.4, -0.2) is 31.0 Å². The summed E-state index contributed by atoms with van der Waals surface area (Å²) in [7, 11) is -2.97. The van der Waals surface area contributed by atoms with E-state index < -0.39 is 21.2 Å². The van der Waals surface area contributed by atoms with Crippen LogP contribution in [0.1, 0.15) is 40.0 Å². The van der Waals surface area contributed by atoms with Gasteiger partial charge in [-0.05, 0) is 26.2 Å². The molecule has 0 aromatic heterocycles. The highest BCUT2D eigenvalue weighted by Gasteiger charge is 2.30. The fourth-order valence-corrected chi connectivity index (χ4v) is 2.13. The van der Waals surface area contributed by atoms with Gasteiger partial charge < -0.3 is 5.11 Å². The molecule has 0 rings (SSSR count). The van der Waals surface area contributed by atoms with Crippen LogP contribution in [0.15, 0.2) is 0 Å². The topological polar surface area (TPSA) is 71.4 Å². The van der Waals surface area contributed by atoms with Gasteiger partial charge in [-0.3, -0.25) is 4.79 Å². The highest BCUT2D eigenvalue weighted by Crippen LogP contribution is 2.27. The Labute approximate surface area is 91.6 Å². The van der Waals surface area contributed by atoms with Crippen molar-refractivity contribution >= 4 is 15.8 Å². The van der Waals surface area contributed by atoms with Gasteiger partial charge in [-0.2, -0.15) is 0 Å². The summed E-state index contributed by atoms with van der Waals surface area (Å²) in [5.74, 6) is -0.631. The van der Waals surface area contributed by atoms with Crippen LogP contribution in [0.25, 0.3) is 0 Å². The van der Waals surface area contributed by atoms with E-state index in [1.807, 2.05) is 6.92 Å². The van der Waals surface area contributed by atoms with Crippen molar-refractivity contribution in [1.82, 2.24) is 0 Å². The third-order valence-electron chi connectivity index (χ3n) is 2.92. The lowest BCUT2D eigenvalue weighted by atomic mass is 9.83. The highest BCUT2D eigenvalue weighted by atomic mass is 32.2. The Morgan fingerprint density at radius 3 is 2.20 bits per heavy atom. The number of hydrogen-bond acceptors (Lipinski definition) is 3. The number of aliphatic carboxylic acids is 1. The zero-order valence-corrected chi connectivity index (χ0v) is 10.4. The molecule has 1 atom stereocenters. The van der Waals surface area contributed by atoms with Crippen molar-refractivity contribution in [1.29, 1.82) is 0 Å². The first-order valence-corrected chi connectivity index (χ1v) is 7.03. The van der Waals surface area contributed by atoms with E-state index in [1.54, 1.807) is 13.8 Å². The van der Waals surface area contributed by atoms with Gasteiger partial charge in [-0.15, -0.1) is 0 Å². The molecule has 90 valence electrons. The SMILES string of the molecule is CCC(C)(CCCS(=O)(=O)CC)C(=O)O. The van der Waals surface area contributed by atoms with Crippen molar-refractivity contribution in [3.05, 3.63) is 0 Å². The van der Waals surface area contributed by atoms with E-state index in [4.69, 9.17) is 5.11 Å². The van der Waals surface area contributed by atoms with Crippen LogP contribution in [0.2, 0.25) is 0 Å². The summed E-state index contributed by atoms with van der Waals surface area (Å²) in [5, 5.41) is 8.97. The molecule has 4 nitrogen and oxygen atoms in total. The molecule has 0 amide bonds. The third kappa shape index (κ3) is 4.64. The summed E-state index contributed by atoms with van der Waals surface area (Å²) >= 11 is 0. The molecule has 0 saturated carbocycles. The van der Waals surface area contributed by atoms with E-state index in [0.717, 1.165) is 0 Å². The Morgan fingerprint density at radius 1 is 1.33 bits per heavy atom. The predicted octanol–water partition coefficient (Wildman–Crippen LogP) is 1.70. The lowest BCUT2D eigenvalue weighted by molar-refractivity contribution is -0.148. The maximum atomic E-state index is 11.2. The quantitative estimate of drug-likeness (QED) is 0.730. The first kappa shape index (κ1) is 14.4. The van der Waals surface area contributed by atoms with Crippen LogP contribution in [0.4, 0.5) is 0 Å². The zero-order valence-electron chi connectivity index (χ0n) is 9.62. The van der Waals surface area contributed by atoms with Crippen molar-refractivity contribution in [3.63, 3.8) is 0 Å². The molecular formula is C10H20O4S. The molecule has 0 aliphatic heterocycles. The van der Waals surface area contributed by atoms with E-state index in [-0.39, 0.29) is 11.5 Å². The number of carboxylic acid groups (broad SMARTS) is 1. The molecule has 1 N–H and O–H groups in total. The first-order chi connectivity index (χ1) is 6.77. The van der Waals surface area contributed by atoms with Crippen molar-refractivity contribution in [2.45, 2.75) is 40.0 Å². The summed E-state index contributed by atoms with van der Waals surface area (Å²) in [6.45, 7) is 5.07. The second-order valence-electron chi connectivity index (χ2n) is 4.06. The molecule has 0 saturated heterocycles. The average molecular weight is 236 g/mol. The first-order valence-electron chi connectivity index (χ1n) is 5.21. The minimum atomic E-state index is -2.97. The van der Waals surface area contributed by atoms with Crippen molar-refractivity contribution in [2.75, 3.05) is 11.5 Å². The van der Waals surface area contributed by atoms with Crippen molar-refractivity contribution < 1.29 is 18.3 Å². The van der Waals surface area contributed by atoms with E-state index in [9.17, 15) is 13.2 Å². The standard InChI is InChI=1S/C10H20O4S/c1-4-10(3,9(11)12)7-6-8-15(13,14)5-2/h4-8H2,1-3H3,(H,11,12). The van der Waals surface area contributed by atoms with E-state index in [1.165, 1.54) is 0 Å². The number of sulfone groups is 1. The fraction of sp³-hybridized carbons (Fsp3) is 0.900. The Morgan fingerprint density at radius 2 is 1.87 bits per heavy atom. The average Bonchev–Trinajstić information content (AvgIpc) is 2.17. The number of hydrogen-bond donors (Lipinski definition) is 1. The van der Waals surface area contributed by atoms with Crippen LogP contribution < -0.4 is 0 Å². The van der Waals surface area contributed by atoms with Crippen LogP contribution in [-0.2, 0) is 14.6 Å². The van der Waals surface area contributed by atoms with Crippen molar-refractivity contribution in [3.8, 4) is 0 Å². The summed E-state index contributed by atoms with van der Waals surface area (Å²) in [6, 6.07) is 0. The fourth-order valence-electron chi connectivity index (χ4n) is 1.26. The van der Waals surface area contributed by atoms with Gasteiger partial charge in [0, 0.05) is 5.75 Å². The molecule has 0 radical (unpaired) electrons. The summed E-state index contributed by atoms with van der Waals surface area (Å²) in [5.41, 5.74) is -0.788. The smallest absolute Gasteiger partial charge is 0.309 e. The lowest BCUT2D eigenvalue weighted by Gasteiger charge is -2.22. The molecule has 0 aliphatic rings. The van der Waals surface area contributed by atoms with Gasteiger partial charge >= 0.3 is 5.97 Å². The summed E-state index contributed by atoms with van der Waals surface area (Å²) in [4.78, 5) is 10.9. The maximum absolute atomic E-state index is 11.2. The number of rotatable bonds is 7. The molecule has 5 heteroatoms. The molecule has 15 heavy (non-hydrogen) atoms. The molecule has 0 heterocycles. The van der Waals surface area contributed by atoms with Gasteiger partial charge in [0.05, 0.1) is 11.2 Å². The molecule has 0 aromatic rings. The Bertz CT molecular complexity index is 307. The van der Waals surface area contributed by atoms with Gasteiger partial charge in [0.2, 0.25) is 0 Å². The zero-order chi connectivity index (χ0) is 12.1. The number of carboxylic acids is 1. The van der Waals surface area contributed by atoms with E-state index in [0.29, 0.717) is 19.3 Å². The maximum Gasteiger partial charge on any atom is 0.309 e. The molecule has 0 bridgehead atoms. The minimum Gasteiger partial charge on any atom is -0.481 e. The lowest BCUT2D eigenvalue weighted by Crippen LogP contribution is -2.27. The van der Waals surface area contributed by atoms with Gasteiger partial charge in [-0.1, -0.05) is 13.8 Å². The van der Waals surface area contributed by atoms with Gasteiger partial charge in [0.15, 0.2) is 0 Å². The highest BCUT2D eigenvalue weighted by molar-refractivity contribution is 7.91. The minimum absolute atomic E-state index is 0.0897. The molecule has 0 spiro atoms. The molecule has 0 fully saturated rings. The van der Waals surface area contributed by atoms with Crippen molar-refractivity contribution in [2.24, 2.45) is 5.41 Å². The number of carbonyl (C=O) groups is 1. The predicted molar refractivity (Wildman–Crippen MR) is 59.6 cm³/mol. The molecule has 1 unspecified atom stereocenters. The van der Waals surface area contributed by atoms with Gasteiger partial charge in [0.25, 0.3) is 0 Å². The second-order valence-corrected chi connectivity index (χ2v) is 6.53. The third-order valence-corrected chi connectivity index (χ3v) is 4.71. The second kappa shape index (κ2) is 5.49. The van der Waals surface area contributed by atoms with Gasteiger partial charge in [-0.25, -0.2) is 8.42 Å². The van der Waals surface area contributed by atoms with Crippen LogP contribution in [0.3, 0.4) is 0 Å².